The highest BCUT2D eigenvalue weighted by Crippen LogP contribution is 2.25. The molecule has 132 valence electrons. The van der Waals surface area contributed by atoms with Gasteiger partial charge in [0.05, 0.1) is 22.6 Å². The van der Waals surface area contributed by atoms with Crippen LogP contribution in [0.3, 0.4) is 0 Å². The summed E-state index contributed by atoms with van der Waals surface area (Å²) in [5.74, 6) is -1.78. The van der Waals surface area contributed by atoms with E-state index in [0.717, 1.165) is 19.2 Å². The molecule has 0 aliphatic carbocycles. The Labute approximate surface area is 149 Å². The summed E-state index contributed by atoms with van der Waals surface area (Å²) in [6, 6.07) is 11.6. The lowest BCUT2D eigenvalue weighted by Crippen LogP contribution is -2.21. The Morgan fingerprint density at radius 2 is 1.76 bits per heavy atom. The van der Waals surface area contributed by atoms with Crippen LogP contribution >= 0.6 is 11.6 Å². The molecule has 0 saturated carbocycles. The number of rotatable bonds is 5. The van der Waals surface area contributed by atoms with Gasteiger partial charge in [-0.15, -0.1) is 0 Å². The summed E-state index contributed by atoms with van der Waals surface area (Å²) in [4.78, 5) is 24.0. The summed E-state index contributed by atoms with van der Waals surface area (Å²) in [6.45, 7) is 0. The summed E-state index contributed by atoms with van der Waals surface area (Å²) in [7, 11) is -2.88. The van der Waals surface area contributed by atoms with Crippen molar-refractivity contribution in [1.29, 1.82) is 0 Å². The molecule has 0 radical (unpaired) electrons. The van der Waals surface area contributed by atoms with Crippen molar-refractivity contribution in [1.82, 2.24) is 0 Å². The van der Waals surface area contributed by atoms with Gasteiger partial charge in [-0.3, -0.25) is 0 Å². The van der Waals surface area contributed by atoms with E-state index in [0.29, 0.717) is 5.56 Å². The van der Waals surface area contributed by atoms with E-state index in [-0.39, 0.29) is 15.5 Å². The van der Waals surface area contributed by atoms with E-state index >= 15 is 0 Å². The molecule has 25 heavy (non-hydrogen) atoms. The van der Waals surface area contributed by atoms with Gasteiger partial charge in [-0.2, -0.15) is 0 Å². The third kappa shape index (κ3) is 4.56. The van der Waals surface area contributed by atoms with Crippen LogP contribution in [-0.4, -0.2) is 27.5 Å². The zero-order chi connectivity index (χ0) is 18.6. The first-order chi connectivity index (χ1) is 11.7. The number of benzene rings is 2. The van der Waals surface area contributed by atoms with Crippen molar-refractivity contribution in [2.24, 2.45) is 5.14 Å². The topological polar surface area (TPSA) is 113 Å². The summed E-state index contributed by atoms with van der Waals surface area (Å²) in [5, 5.41) is 4.99. The van der Waals surface area contributed by atoms with Gasteiger partial charge in [0.15, 0.2) is 0 Å². The molecule has 0 aromatic heterocycles. The maximum Gasteiger partial charge on any atom is 0.351 e. The fourth-order valence-corrected chi connectivity index (χ4v) is 2.73. The van der Waals surface area contributed by atoms with Crippen LogP contribution in [-0.2, 0) is 24.3 Å². The Hall–Kier alpha value is -2.42. The number of nitrogens with two attached hydrogens (primary N) is 1. The van der Waals surface area contributed by atoms with Gasteiger partial charge in [-0.25, -0.2) is 23.1 Å². The van der Waals surface area contributed by atoms with E-state index in [2.05, 4.69) is 4.74 Å². The second kappa shape index (κ2) is 7.64. The van der Waals surface area contributed by atoms with E-state index in [1.807, 2.05) is 0 Å². The van der Waals surface area contributed by atoms with Crippen LogP contribution in [0.15, 0.2) is 53.4 Å². The number of sulfonamides is 1. The number of esters is 2. The first-order valence-electron chi connectivity index (χ1n) is 6.90. The summed E-state index contributed by atoms with van der Waals surface area (Å²) >= 11 is 5.93. The number of halogens is 1. The molecular formula is C16H14ClNO6S. The molecule has 2 N–H and O–H groups in total. The molecule has 0 bridgehead atoms. The summed E-state index contributed by atoms with van der Waals surface area (Å²) in [5.41, 5.74) is 0.152. The standard InChI is InChI=1S/C16H14ClNO6S/c1-23-16(20)14(10-5-3-2-4-6-10)24-15(19)12-9-11(25(18,21)22)7-8-13(12)17/h2-9,14H,1H3,(H2,18,21,22)/t14-/m1/s1. The molecule has 0 unspecified atom stereocenters. The zero-order valence-corrected chi connectivity index (χ0v) is 14.6. The normalized spacial score (nSPS) is 12.3. The van der Waals surface area contributed by atoms with Crippen LogP contribution in [0, 0.1) is 0 Å². The first kappa shape index (κ1) is 18.9. The minimum absolute atomic E-state index is 0.0472. The molecule has 2 aromatic carbocycles. The van der Waals surface area contributed by atoms with Crippen LogP contribution in [0.5, 0.6) is 0 Å². The number of hydrogen-bond donors (Lipinski definition) is 1. The lowest BCUT2D eigenvalue weighted by molar-refractivity contribution is -0.151. The molecule has 0 aliphatic rings. The van der Waals surface area contributed by atoms with Crippen LogP contribution in [0.4, 0.5) is 0 Å². The van der Waals surface area contributed by atoms with Gasteiger partial charge in [-0.1, -0.05) is 41.9 Å². The van der Waals surface area contributed by atoms with Crippen LogP contribution in [0.1, 0.15) is 22.0 Å². The number of ether oxygens (including phenoxy) is 2. The molecule has 0 amide bonds. The molecule has 2 aromatic rings. The molecule has 0 saturated heterocycles. The predicted octanol–water partition coefficient (Wildman–Crippen LogP) is 2.06. The van der Waals surface area contributed by atoms with Crippen molar-refractivity contribution in [3.63, 3.8) is 0 Å². The number of carbonyl (C=O) groups is 2. The third-order valence-electron chi connectivity index (χ3n) is 3.23. The quantitative estimate of drug-likeness (QED) is 0.790. The number of hydrogen-bond acceptors (Lipinski definition) is 6. The molecule has 0 heterocycles. The van der Waals surface area contributed by atoms with Crippen LogP contribution < -0.4 is 5.14 Å². The van der Waals surface area contributed by atoms with Gasteiger partial charge in [0.2, 0.25) is 16.1 Å². The second-order valence-corrected chi connectivity index (χ2v) is 6.87. The monoisotopic (exact) mass is 383 g/mol. The van der Waals surface area contributed by atoms with E-state index < -0.39 is 28.1 Å². The van der Waals surface area contributed by atoms with Gasteiger partial charge in [0.1, 0.15) is 0 Å². The molecule has 7 nitrogen and oxygen atoms in total. The van der Waals surface area contributed by atoms with E-state index in [1.165, 1.54) is 6.07 Å². The molecule has 0 spiro atoms. The summed E-state index contributed by atoms with van der Waals surface area (Å²) < 4.78 is 32.7. The number of methoxy groups -OCH3 is 1. The van der Waals surface area contributed by atoms with Crippen LogP contribution in [0.2, 0.25) is 5.02 Å². The largest absolute Gasteiger partial charge is 0.466 e. The van der Waals surface area contributed by atoms with Crippen molar-refractivity contribution in [2.45, 2.75) is 11.0 Å². The van der Waals surface area contributed by atoms with E-state index in [9.17, 15) is 18.0 Å². The van der Waals surface area contributed by atoms with Crippen molar-refractivity contribution in [3.8, 4) is 0 Å². The Bertz CT molecular complexity index is 898. The average molecular weight is 384 g/mol. The van der Waals surface area contributed by atoms with Gasteiger partial charge in [0, 0.05) is 5.56 Å². The van der Waals surface area contributed by atoms with Gasteiger partial charge in [-0.05, 0) is 18.2 Å². The SMILES string of the molecule is COC(=O)[C@H](OC(=O)c1cc(S(N)(=O)=O)ccc1Cl)c1ccccc1. The minimum Gasteiger partial charge on any atom is -0.466 e. The predicted molar refractivity (Wildman–Crippen MR) is 89.4 cm³/mol. The molecule has 0 aliphatic heterocycles. The van der Waals surface area contributed by atoms with Crippen molar-refractivity contribution >= 4 is 33.6 Å². The van der Waals surface area contributed by atoms with Crippen molar-refractivity contribution in [3.05, 3.63) is 64.7 Å². The summed E-state index contributed by atoms with van der Waals surface area (Å²) in [6.07, 6.45) is -1.33. The van der Waals surface area contributed by atoms with E-state index in [1.54, 1.807) is 30.3 Å². The number of primary sulfonamides is 1. The minimum atomic E-state index is -4.04. The molecule has 1 atom stereocenters. The average Bonchev–Trinajstić information content (AvgIpc) is 2.59. The molecule has 2 rings (SSSR count). The van der Waals surface area contributed by atoms with Gasteiger partial charge >= 0.3 is 11.9 Å². The highest BCUT2D eigenvalue weighted by atomic mass is 35.5. The van der Waals surface area contributed by atoms with Crippen molar-refractivity contribution in [2.75, 3.05) is 7.11 Å². The highest BCUT2D eigenvalue weighted by molar-refractivity contribution is 7.89. The molecule has 9 heteroatoms. The van der Waals surface area contributed by atoms with Crippen molar-refractivity contribution < 1.29 is 27.5 Å². The lowest BCUT2D eigenvalue weighted by Gasteiger charge is -2.16. The van der Waals surface area contributed by atoms with Gasteiger partial charge in [0.25, 0.3) is 0 Å². The van der Waals surface area contributed by atoms with E-state index in [4.69, 9.17) is 21.5 Å². The van der Waals surface area contributed by atoms with Crippen LogP contribution in [0.25, 0.3) is 0 Å². The first-order valence-corrected chi connectivity index (χ1v) is 8.82. The molecule has 0 fully saturated rings. The lowest BCUT2D eigenvalue weighted by atomic mass is 10.1. The number of carbonyl (C=O) groups excluding carboxylic acids is 2. The molecular weight excluding hydrogens is 370 g/mol. The smallest absolute Gasteiger partial charge is 0.351 e. The Morgan fingerprint density at radius 3 is 2.32 bits per heavy atom. The fraction of sp³-hybridized carbons (Fsp3) is 0.125. The highest BCUT2D eigenvalue weighted by Gasteiger charge is 2.27. The fourth-order valence-electron chi connectivity index (χ4n) is 2.00. The third-order valence-corrected chi connectivity index (χ3v) is 4.47. The second-order valence-electron chi connectivity index (χ2n) is 4.91. The Morgan fingerprint density at radius 1 is 1.12 bits per heavy atom. The Balaban J connectivity index is 2.38. The maximum atomic E-state index is 12.4. The van der Waals surface area contributed by atoms with Gasteiger partial charge < -0.3 is 9.47 Å². The Kier molecular flexibility index (Phi) is 5.78. The maximum absolute atomic E-state index is 12.4. The zero-order valence-electron chi connectivity index (χ0n) is 13.0.